The van der Waals surface area contributed by atoms with Gasteiger partial charge in [0.1, 0.15) is 0 Å². The van der Waals surface area contributed by atoms with Crippen molar-refractivity contribution in [3.8, 4) is 0 Å². The quantitative estimate of drug-likeness (QED) is 0.486. The predicted octanol–water partition coefficient (Wildman–Crippen LogP) is 5.59. The third-order valence-electron chi connectivity index (χ3n) is 8.13. The number of rotatable bonds is 4. The zero-order chi connectivity index (χ0) is 24.2. The Labute approximate surface area is 207 Å². The minimum Gasteiger partial charge on any atom is -0.294 e. The molecule has 0 radical (unpaired) electrons. The zero-order valence-electron chi connectivity index (χ0n) is 19.8. The van der Waals surface area contributed by atoms with Crippen molar-refractivity contribution < 1.29 is 13.2 Å². The van der Waals surface area contributed by atoms with Crippen LogP contribution < -0.4 is 0 Å². The zero-order valence-corrected chi connectivity index (χ0v) is 20.6. The Morgan fingerprint density at radius 2 is 1.40 bits per heavy atom. The van der Waals surface area contributed by atoms with E-state index in [2.05, 4.69) is 12.1 Å². The molecular weight excluding hydrogens is 454 g/mol. The van der Waals surface area contributed by atoms with Crippen LogP contribution in [-0.2, 0) is 14.8 Å². The molecule has 3 aromatic rings. The second-order valence-electron chi connectivity index (χ2n) is 10.1. The molecule has 0 amide bonds. The van der Waals surface area contributed by atoms with Gasteiger partial charge in [0, 0.05) is 30.0 Å². The van der Waals surface area contributed by atoms with Crippen LogP contribution in [0.4, 0.5) is 0 Å². The summed E-state index contributed by atoms with van der Waals surface area (Å²) in [6, 6.07) is 27.0. The summed E-state index contributed by atoms with van der Waals surface area (Å²) < 4.78 is 29.5. The minimum absolute atomic E-state index is 0.0131. The molecular formula is C30H29NO3S. The molecule has 35 heavy (non-hydrogen) atoms. The van der Waals surface area contributed by atoms with Gasteiger partial charge in [-0.3, -0.25) is 4.79 Å². The van der Waals surface area contributed by atoms with Gasteiger partial charge < -0.3 is 0 Å². The fourth-order valence-corrected chi connectivity index (χ4v) is 8.34. The number of hydrogen-bond acceptors (Lipinski definition) is 3. The van der Waals surface area contributed by atoms with Crippen LogP contribution >= 0.6 is 0 Å². The Morgan fingerprint density at radius 3 is 2.06 bits per heavy atom. The lowest BCUT2D eigenvalue weighted by molar-refractivity contribution is -0.121. The summed E-state index contributed by atoms with van der Waals surface area (Å²) in [4.78, 5) is 14.4. The maximum Gasteiger partial charge on any atom is 0.243 e. The van der Waals surface area contributed by atoms with Gasteiger partial charge in [0.05, 0.1) is 4.90 Å². The summed E-state index contributed by atoms with van der Waals surface area (Å²) in [5.74, 6) is 0.0372. The van der Waals surface area contributed by atoms with Gasteiger partial charge in [-0.2, -0.15) is 4.31 Å². The van der Waals surface area contributed by atoms with Crippen LogP contribution in [0.2, 0.25) is 0 Å². The van der Waals surface area contributed by atoms with Crippen molar-refractivity contribution in [3.05, 3.63) is 102 Å². The van der Waals surface area contributed by atoms with E-state index >= 15 is 0 Å². The molecule has 0 aromatic heterocycles. The second-order valence-corrected chi connectivity index (χ2v) is 12.0. The standard InChI is InChI=1S/C30H29NO3S/c1-20-15-17-23(18-16-20)35(33,34)31-19-25-27(21-9-4-2-5-10-21)28(22-11-6-3-7-12-22)30(32)24-13-8-14-26(31)29(24)25/h2-7,9-12,15-18,24-26,29H,8,13-14,19H2,1H3/t24-,25+,26+,29+/m1/s1. The Morgan fingerprint density at radius 1 is 0.771 bits per heavy atom. The lowest BCUT2D eigenvalue weighted by Gasteiger charge is -2.42. The van der Waals surface area contributed by atoms with Crippen molar-refractivity contribution in [2.45, 2.75) is 37.1 Å². The normalized spacial score (nSPS) is 26.6. The summed E-state index contributed by atoms with van der Waals surface area (Å²) in [5.41, 5.74) is 4.76. The highest BCUT2D eigenvalue weighted by molar-refractivity contribution is 7.89. The third kappa shape index (κ3) is 3.60. The largest absolute Gasteiger partial charge is 0.294 e. The van der Waals surface area contributed by atoms with E-state index in [0.29, 0.717) is 11.4 Å². The predicted molar refractivity (Wildman–Crippen MR) is 138 cm³/mol. The minimum atomic E-state index is -3.67. The molecule has 3 aromatic carbocycles. The second kappa shape index (κ2) is 8.58. The average Bonchev–Trinajstić information content (AvgIpc) is 3.28. The molecule has 0 spiro atoms. The SMILES string of the molecule is Cc1ccc(S(=O)(=O)N2C[C@H]3C(c4ccccc4)=C(c4ccccc4)C(=O)[C@@H]4CCC[C@H]2[C@@H]43)cc1. The number of ketones is 1. The molecule has 0 bridgehead atoms. The number of allylic oxidation sites excluding steroid dienone is 1. The van der Waals surface area contributed by atoms with Crippen molar-refractivity contribution in [3.63, 3.8) is 0 Å². The molecule has 6 rings (SSSR count). The summed E-state index contributed by atoms with van der Waals surface area (Å²) in [6.07, 6.45) is 2.50. The maximum absolute atomic E-state index is 14.1. The van der Waals surface area contributed by atoms with Crippen molar-refractivity contribution in [1.82, 2.24) is 4.31 Å². The molecule has 1 saturated carbocycles. The number of Topliss-reactive ketones (excluding diaryl/α,β-unsaturated/α-hetero) is 1. The van der Waals surface area contributed by atoms with E-state index in [1.54, 1.807) is 16.4 Å². The topological polar surface area (TPSA) is 54.5 Å². The van der Waals surface area contributed by atoms with Crippen LogP contribution in [0.1, 0.15) is 36.0 Å². The third-order valence-corrected chi connectivity index (χ3v) is 10.0. The lowest BCUT2D eigenvalue weighted by atomic mass is 9.61. The molecule has 0 unspecified atom stereocenters. The summed E-state index contributed by atoms with van der Waals surface area (Å²) in [6.45, 7) is 2.37. The Bertz CT molecular complexity index is 1390. The molecule has 2 aliphatic carbocycles. The van der Waals surface area contributed by atoms with E-state index in [9.17, 15) is 13.2 Å². The number of carbonyl (C=O) groups excluding carboxylic acids is 1. The van der Waals surface area contributed by atoms with Crippen LogP contribution in [0, 0.1) is 24.7 Å². The molecule has 178 valence electrons. The van der Waals surface area contributed by atoms with Crippen molar-refractivity contribution in [2.75, 3.05) is 6.54 Å². The van der Waals surface area contributed by atoms with Crippen molar-refractivity contribution >= 4 is 27.0 Å². The number of benzene rings is 3. The summed E-state index contributed by atoms with van der Waals surface area (Å²) in [7, 11) is -3.67. The smallest absolute Gasteiger partial charge is 0.243 e. The first-order valence-corrected chi connectivity index (χ1v) is 13.9. The van der Waals surface area contributed by atoms with Crippen LogP contribution in [-0.4, -0.2) is 31.1 Å². The van der Waals surface area contributed by atoms with E-state index in [4.69, 9.17) is 0 Å². The van der Waals surface area contributed by atoms with Gasteiger partial charge in [0.25, 0.3) is 0 Å². The fraction of sp³-hybridized carbons (Fsp3) is 0.300. The summed E-state index contributed by atoms with van der Waals surface area (Å²) >= 11 is 0. The lowest BCUT2D eigenvalue weighted by Crippen LogP contribution is -2.45. The first-order chi connectivity index (χ1) is 17.0. The number of hydrogen-bond donors (Lipinski definition) is 0. The molecule has 1 heterocycles. The molecule has 1 aliphatic heterocycles. The molecule has 1 saturated heterocycles. The van der Waals surface area contributed by atoms with Crippen LogP contribution in [0.25, 0.3) is 11.1 Å². The highest BCUT2D eigenvalue weighted by Crippen LogP contribution is 2.55. The Hall–Kier alpha value is -3.02. The van der Waals surface area contributed by atoms with Gasteiger partial charge >= 0.3 is 0 Å². The first-order valence-electron chi connectivity index (χ1n) is 12.4. The number of carbonyl (C=O) groups is 1. The van der Waals surface area contributed by atoms with E-state index in [-0.39, 0.29) is 29.6 Å². The van der Waals surface area contributed by atoms with E-state index in [1.807, 2.05) is 67.6 Å². The van der Waals surface area contributed by atoms with Crippen LogP contribution in [0.15, 0.2) is 89.8 Å². The van der Waals surface area contributed by atoms with Gasteiger partial charge in [0.2, 0.25) is 10.0 Å². The molecule has 0 N–H and O–H groups in total. The van der Waals surface area contributed by atoms with Crippen LogP contribution in [0.5, 0.6) is 0 Å². The van der Waals surface area contributed by atoms with Gasteiger partial charge in [-0.05, 0) is 54.5 Å². The number of sulfonamides is 1. The number of aryl methyl sites for hydroxylation is 1. The highest BCUT2D eigenvalue weighted by atomic mass is 32.2. The van der Waals surface area contributed by atoms with Gasteiger partial charge in [-0.15, -0.1) is 0 Å². The first kappa shape index (κ1) is 22.4. The van der Waals surface area contributed by atoms with Crippen LogP contribution in [0.3, 0.4) is 0 Å². The van der Waals surface area contributed by atoms with Crippen molar-refractivity contribution in [1.29, 1.82) is 0 Å². The molecule has 4 atom stereocenters. The van der Waals surface area contributed by atoms with Crippen molar-refractivity contribution in [2.24, 2.45) is 17.8 Å². The average molecular weight is 484 g/mol. The van der Waals surface area contributed by atoms with Gasteiger partial charge in [0.15, 0.2) is 5.78 Å². The van der Waals surface area contributed by atoms with E-state index in [1.165, 1.54) is 0 Å². The van der Waals surface area contributed by atoms with Gasteiger partial charge in [-0.25, -0.2) is 8.42 Å². The maximum atomic E-state index is 14.1. The molecule has 4 nitrogen and oxygen atoms in total. The molecule has 2 fully saturated rings. The highest BCUT2D eigenvalue weighted by Gasteiger charge is 2.57. The fourth-order valence-electron chi connectivity index (χ4n) is 6.63. The van der Waals surface area contributed by atoms with E-state index < -0.39 is 10.0 Å². The number of nitrogens with zero attached hydrogens (tertiary/aromatic N) is 1. The monoisotopic (exact) mass is 483 g/mol. The van der Waals surface area contributed by atoms with E-state index in [0.717, 1.165) is 47.1 Å². The van der Waals surface area contributed by atoms with Gasteiger partial charge in [-0.1, -0.05) is 84.8 Å². The Balaban J connectivity index is 1.53. The molecule has 3 aliphatic rings. The Kier molecular flexibility index (Phi) is 5.50. The summed E-state index contributed by atoms with van der Waals surface area (Å²) in [5, 5.41) is 0. The molecule has 5 heteroatoms.